The average Bonchev–Trinajstić information content (AvgIpc) is 3.66. The summed E-state index contributed by atoms with van der Waals surface area (Å²) >= 11 is 0. The van der Waals surface area contributed by atoms with Crippen LogP contribution in [-0.4, -0.2) is 64.9 Å². The summed E-state index contributed by atoms with van der Waals surface area (Å²) in [6.45, 7) is 14.8. The number of benzene rings is 2. The molecule has 5 rings (SSSR count). The predicted octanol–water partition coefficient (Wildman–Crippen LogP) is 5.33. The van der Waals surface area contributed by atoms with Crippen LogP contribution < -0.4 is 10.8 Å². The lowest BCUT2D eigenvalue weighted by Gasteiger charge is -2.32. The van der Waals surface area contributed by atoms with Crippen molar-refractivity contribution >= 4 is 24.6 Å². The minimum absolute atomic E-state index is 0.0892. The molecule has 2 aliphatic heterocycles. The van der Waals surface area contributed by atoms with Crippen molar-refractivity contribution in [1.29, 1.82) is 0 Å². The number of likely N-dealkylation sites (tertiary alicyclic amines) is 1. The molecule has 228 valence electrons. The molecule has 0 saturated carbocycles. The Bertz CT molecular complexity index is 1430. The molecule has 0 unspecified atom stereocenters. The number of H-pyrrole nitrogens is 1. The molecule has 2 saturated heterocycles. The SMILES string of the molecule is COC(=O)N[C@H](C(=O)N1C[C@@H](C)C[C@H]1c1ncc(-c2ccc(-c3ccc(B4OC(C)(C)C(C)(C)O4)cc3)cc2)[nH]1)C(C)C. The van der Waals surface area contributed by atoms with Gasteiger partial charge < -0.3 is 29.2 Å². The van der Waals surface area contributed by atoms with Gasteiger partial charge in [0.05, 0.1) is 36.2 Å². The Kier molecular flexibility index (Phi) is 8.46. The molecule has 0 bridgehead atoms. The van der Waals surface area contributed by atoms with E-state index in [2.05, 4.69) is 98.4 Å². The van der Waals surface area contributed by atoms with Crippen molar-refractivity contribution in [1.82, 2.24) is 20.2 Å². The lowest BCUT2D eigenvalue weighted by Crippen LogP contribution is -2.51. The maximum absolute atomic E-state index is 13.6. The molecule has 9 nitrogen and oxygen atoms in total. The van der Waals surface area contributed by atoms with Crippen LogP contribution in [0, 0.1) is 11.8 Å². The fourth-order valence-electron chi connectivity index (χ4n) is 5.73. The standard InChI is InChI=1S/C33H43BN4O5/c1-20(2)28(37-31(40)41-8)30(39)38-19-21(3)17-27(38)29-35-18-26(36-29)24-11-9-22(10-12-24)23-13-15-25(16-14-23)34-42-32(4,5)33(6,7)43-34/h9-16,18,20-21,27-28H,17,19H2,1-8H3,(H,35,36)(H,37,40)/t21-,27-,28-/m0/s1. The van der Waals surface area contributed by atoms with Crippen LogP contribution in [-0.2, 0) is 18.8 Å². The van der Waals surface area contributed by atoms with Gasteiger partial charge in [0, 0.05) is 6.54 Å². The third kappa shape index (κ3) is 6.22. The fourth-order valence-corrected chi connectivity index (χ4v) is 5.73. The molecule has 0 spiro atoms. The number of nitrogens with one attached hydrogen (secondary N) is 2. The third-order valence-corrected chi connectivity index (χ3v) is 9.06. The van der Waals surface area contributed by atoms with E-state index in [9.17, 15) is 9.59 Å². The second kappa shape index (κ2) is 11.8. The summed E-state index contributed by atoms with van der Waals surface area (Å²) in [6.07, 6.45) is 2.00. The maximum atomic E-state index is 13.6. The molecule has 1 aromatic heterocycles. The molecule has 2 aromatic carbocycles. The summed E-state index contributed by atoms with van der Waals surface area (Å²) in [5, 5.41) is 2.71. The second-order valence-electron chi connectivity index (χ2n) is 13.2. The Balaban J connectivity index is 1.29. The molecule has 2 aliphatic rings. The molecule has 2 N–H and O–H groups in total. The number of rotatable bonds is 7. The van der Waals surface area contributed by atoms with Gasteiger partial charge in [0.25, 0.3) is 0 Å². The van der Waals surface area contributed by atoms with Crippen LogP contribution in [0.2, 0.25) is 0 Å². The number of carbonyl (C=O) groups excluding carboxylic acids is 2. The summed E-state index contributed by atoms with van der Waals surface area (Å²) < 4.78 is 17.1. The summed E-state index contributed by atoms with van der Waals surface area (Å²) in [7, 11) is 0.915. The first-order chi connectivity index (χ1) is 20.3. The van der Waals surface area contributed by atoms with E-state index in [-0.39, 0.29) is 36.2 Å². The molecule has 2 amide bonds. The molecular formula is C33H43BN4O5. The quantitative estimate of drug-likeness (QED) is 0.363. The van der Waals surface area contributed by atoms with Gasteiger partial charge in [0.2, 0.25) is 5.91 Å². The van der Waals surface area contributed by atoms with Crippen LogP contribution in [0.15, 0.2) is 54.7 Å². The number of hydrogen-bond donors (Lipinski definition) is 2. The number of amides is 2. The predicted molar refractivity (Wildman–Crippen MR) is 168 cm³/mol. The monoisotopic (exact) mass is 586 g/mol. The summed E-state index contributed by atoms with van der Waals surface area (Å²) in [5.41, 5.74) is 4.35. The first kappa shape index (κ1) is 30.8. The number of hydrogen-bond acceptors (Lipinski definition) is 6. The number of methoxy groups -OCH3 is 1. The highest BCUT2D eigenvalue weighted by molar-refractivity contribution is 6.62. The highest BCUT2D eigenvalue weighted by Crippen LogP contribution is 2.37. The smallest absolute Gasteiger partial charge is 0.453 e. The Morgan fingerprint density at radius 1 is 1.00 bits per heavy atom. The molecule has 3 heterocycles. The number of aromatic nitrogens is 2. The van der Waals surface area contributed by atoms with Crippen molar-refractivity contribution in [2.75, 3.05) is 13.7 Å². The molecular weight excluding hydrogens is 543 g/mol. The fraction of sp³-hybridized carbons (Fsp3) is 0.485. The summed E-state index contributed by atoms with van der Waals surface area (Å²) in [5.74, 6) is 0.842. The van der Waals surface area contributed by atoms with Gasteiger partial charge in [-0.3, -0.25) is 4.79 Å². The van der Waals surface area contributed by atoms with Crippen molar-refractivity contribution in [2.45, 2.75) is 78.2 Å². The van der Waals surface area contributed by atoms with E-state index in [4.69, 9.17) is 14.0 Å². The Labute approximate surface area is 254 Å². The molecule has 10 heteroatoms. The topological polar surface area (TPSA) is 106 Å². The Morgan fingerprint density at radius 2 is 1.56 bits per heavy atom. The van der Waals surface area contributed by atoms with Crippen molar-refractivity contribution < 1.29 is 23.6 Å². The normalized spacial score (nSPS) is 21.7. The van der Waals surface area contributed by atoms with Crippen LogP contribution >= 0.6 is 0 Å². The van der Waals surface area contributed by atoms with Gasteiger partial charge in [-0.2, -0.15) is 0 Å². The van der Waals surface area contributed by atoms with Gasteiger partial charge in [-0.1, -0.05) is 69.3 Å². The maximum Gasteiger partial charge on any atom is 0.494 e. The minimum atomic E-state index is -0.673. The highest BCUT2D eigenvalue weighted by Gasteiger charge is 2.51. The van der Waals surface area contributed by atoms with Gasteiger partial charge in [-0.15, -0.1) is 0 Å². The van der Waals surface area contributed by atoms with Crippen molar-refractivity contribution in [2.24, 2.45) is 11.8 Å². The molecule has 2 fully saturated rings. The largest absolute Gasteiger partial charge is 0.494 e. The van der Waals surface area contributed by atoms with E-state index in [1.807, 2.05) is 24.9 Å². The van der Waals surface area contributed by atoms with E-state index in [1.54, 1.807) is 0 Å². The zero-order chi connectivity index (χ0) is 31.1. The number of carbonyl (C=O) groups is 2. The highest BCUT2D eigenvalue weighted by atomic mass is 16.7. The van der Waals surface area contributed by atoms with Crippen molar-refractivity contribution in [3.8, 4) is 22.4 Å². The van der Waals surface area contributed by atoms with E-state index in [1.165, 1.54) is 7.11 Å². The number of ether oxygens (including phenoxy) is 1. The average molecular weight is 587 g/mol. The van der Waals surface area contributed by atoms with Gasteiger partial charge in [0.1, 0.15) is 11.9 Å². The molecule has 3 aromatic rings. The van der Waals surface area contributed by atoms with Crippen LogP contribution in [0.25, 0.3) is 22.4 Å². The second-order valence-corrected chi connectivity index (χ2v) is 13.2. The number of imidazole rings is 1. The van der Waals surface area contributed by atoms with E-state index in [0.29, 0.717) is 12.5 Å². The van der Waals surface area contributed by atoms with E-state index >= 15 is 0 Å². The number of aromatic amines is 1. The first-order valence-corrected chi connectivity index (χ1v) is 15.1. The van der Waals surface area contributed by atoms with Crippen molar-refractivity contribution in [3.63, 3.8) is 0 Å². The Morgan fingerprint density at radius 3 is 2.12 bits per heavy atom. The minimum Gasteiger partial charge on any atom is -0.453 e. The zero-order valence-electron chi connectivity index (χ0n) is 26.4. The van der Waals surface area contributed by atoms with Crippen LogP contribution in [0.5, 0.6) is 0 Å². The Hall–Kier alpha value is -3.63. The van der Waals surface area contributed by atoms with Gasteiger partial charge in [-0.05, 0) is 68.1 Å². The van der Waals surface area contributed by atoms with Crippen molar-refractivity contribution in [3.05, 3.63) is 60.6 Å². The molecule has 43 heavy (non-hydrogen) atoms. The third-order valence-electron chi connectivity index (χ3n) is 9.06. The number of alkyl carbamates (subject to hydrolysis) is 1. The molecule has 0 radical (unpaired) electrons. The lowest BCUT2D eigenvalue weighted by molar-refractivity contribution is -0.135. The van der Waals surface area contributed by atoms with Gasteiger partial charge in [0.15, 0.2) is 0 Å². The van der Waals surface area contributed by atoms with Crippen LogP contribution in [0.1, 0.15) is 66.8 Å². The summed E-state index contributed by atoms with van der Waals surface area (Å²) in [4.78, 5) is 35.5. The molecule has 0 aliphatic carbocycles. The van der Waals surface area contributed by atoms with E-state index in [0.717, 1.165) is 40.1 Å². The number of nitrogens with zero attached hydrogens (tertiary/aromatic N) is 2. The first-order valence-electron chi connectivity index (χ1n) is 15.1. The van der Waals surface area contributed by atoms with Crippen LogP contribution in [0.4, 0.5) is 4.79 Å². The lowest BCUT2D eigenvalue weighted by atomic mass is 9.78. The van der Waals surface area contributed by atoms with Gasteiger partial charge in [-0.25, -0.2) is 9.78 Å². The van der Waals surface area contributed by atoms with Gasteiger partial charge >= 0.3 is 13.2 Å². The molecule has 3 atom stereocenters. The van der Waals surface area contributed by atoms with Crippen LogP contribution in [0.3, 0.4) is 0 Å². The summed E-state index contributed by atoms with van der Waals surface area (Å²) in [6, 6.07) is 15.8. The van der Waals surface area contributed by atoms with E-state index < -0.39 is 12.1 Å². The zero-order valence-corrected chi connectivity index (χ0v) is 26.4.